The summed E-state index contributed by atoms with van der Waals surface area (Å²) in [5.74, 6) is 0.796. The van der Waals surface area contributed by atoms with Gasteiger partial charge < -0.3 is 10.1 Å². The van der Waals surface area contributed by atoms with Gasteiger partial charge in [0.15, 0.2) is 0 Å². The molecule has 2 unspecified atom stereocenters. The van der Waals surface area contributed by atoms with E-state index in [9.17, 15) is 4.79 Å². The fraction of sp³-hybridized carbons (Fsp3) is 0.944. The molecule has 0 aromatic rings. The van der Waals surface area contributed by atoms with E-state index in [1.165, 1.54) is 32.1 Å². The quantitative estimate of drug-likeness (QED) is 0.760. The number of hydrogen-bond acceptors (Lipinski definition) is 2. The van der Waals surface area contributed by atoms with Crippen LogP contribution in [-0.2, 0) is 9.53 Å². The molecule has 0 aromatic carbocycles. The molecule has 0 aromatic heterocycles. The molecule has 1 amide bonds. The zero-order chi connectivity index (χ0) is 15.9. The van der Waals surface area contributed by atoms with E-state index in [1.54, 1.807) is 0 Å². The van der Waals surface area contributed by atoms with Gasteiger partial charge in [0.2, 0.25) is 5.91 Å². The lowest BCUT2D eigenvalue weighted by atomic mass is 9.85. The fourth-order valence-electron chi connectivity index (χ4n) is 2.79. The van der Waals surface area contributed by atoms with E-state index in [1.807, 2.05) is 0 Å². The zero-order valence-electron chi connectivity index (χ0n) is 14.7. The number of hydrogen-bond donors (Lipinski definition) is 1. The van der Waals surface area contributed by atoms with Crippen molar-refractivity contribution in [2.24, 2.45) is 11.3 Å². The lowest BCUT2D eigenvalue weighted by Gasteiger charge is -2.33. The minimum atomic E-state index is 0.0235. The standard InChI is InChI=1S/C18H35NO2/c1-6-14(2)21-13-16(18(3,4)5)19-17(20)12-15-10-8-7-9-11-15/h14-16H,6-13H2,1-5H3,(H,19,20). The minimum Gasteiger partial charge on any atom is -0.376 e. The van der Waals surface area contributed by atoms with Gasteiger partial charge in [-0.2, -0.15) is 0 Å². The van der Waals surface area contributed by atoms with E-state index < -0.39 is 0 Å². The maximum Gasteiger partial charge on any atom is 0.220 e. The summed E-state index contributed by atoms with van der Waals surface area (Å²) in [6.07, 6.45) is 8.31. The summed E-state index contributed by atoms with van der Waals surface area (Å²) in [7, 11) is 0. The van der Waals surface area contributed by atoms with Gasteiger partial charge in [-0.25, -0.2) is 0 Å². The van der Waals surface area contributed by atoms with Crippen molar-refractivity contribution in [3.05, 3.63) is 0 Å². The first kappa shape index (κ1) is 18.5. The van der Waals surface area contributed by atoms with Crippen LogP contribution in [0.25, 0.3) is 0 Å². The molecule has 0 radical (unpaired) electrons. The Bertz CT molecular complexity index is 303. The largest absolute Gasteiger partial charge is 0.376 e. The molecule has 1 aliphatic carbocycles. The molecular formula is C18H35NO2. The molecular weight excluding hydrogens is 262 g/mol. The van der Waals surface area contributed by atoms with Gasteiger partial charge in [-0.3, -0.25) is 4.79 Å². The molecule has 0 heterocycles. The van der Waals surface area contributed by atoms with Crippen molar-refractivity contribution in [2.45, 2.75) is 91.7 Å². The van der Waals surface area contributed by atoms with Crippen LogP contribution in [0.3, 0.4) is 0 Å². The highest BCUT2D eigenvalue weighted by Gasteiger charge is 2.28. The van der Waals surface area contributed by atoms with Gasteiger partial charge in [-0.1, -0.05) is 47.0 Å². The Morgan fingerprint density at radius 2 is 1.86 bits per heavy atom. The number of amides is 1. The van der Waals surface area contributed by atoms with Crippen LogP contribution < -0.4 is 5.32 Å². The molecule has 124 valence electrons. The molecule has 2 atom stereocenters. The van der Waals surface area contributed by atoms with Crippen LogP contribution in [0.5, 0.6) is 0 Å². The Kier molecular flexibility index (Phi) is 7.72. The molecule has 1 rings (SSSR count). The van der Waals surface area contributed by atoms with Crippen LogP contribution in [0.15, 0.2) is 0 Å². The highest BCUT2D eigenvalue weighted by atomic mass is 16.5. The van der Waals surface area contributed by atoms with Crippen molar-refractivity contribution in [3.63, 3.8) is 0 Å². The Hall–Kier alpha value is -0.570. The number of nitrogens with one attached hydrogen (secondary N) is 1. The van der Waals surface area contributed by atoms with Crippen LogP contribution >= 0.6 is 0 Å². The third-order valence-corrected chi connectivity index (χ3v) is 4.70. The lowest BCUT2D eigenvalue weighted by molar-refractivity contribution is -0.124. The molecule has 3 nitrogen and oxygen atoms in total. The SMILES string of the molecule is CCC(C)OCC(NC(=O)CC1CCCCC1)C(C)(C)C. The lowest BCUT2D eigenvalue weighted by Crippen LogP contribution is -2.47. The van der Waals surface area contributed by atoms with Crippen molar-refractivity contribution in [1.82, 2.24) is 5.32 Å². The van der Waals surface area contributed by atoms with Gasteiger partial charge in [-0.15, -0.1) is 0 Å². The van der Waals surface area contributed by atoms with E-state index in [-0.39, 0.29) is 23.5 Å². The van der Waals surface area contributed by atoms with Crippen LogP contribution in [0, 0.1) is 11.3 Å². The summed E-state index contributed by atoms with van der Waals surface area (Å²) in [6.45, 7) is 11.3. The van der Waals surface area contributed by atoms with E-state index >= 15 is 0 Å². The second-order valence-corrected chi connectivity index (χ2v) is 7.75. The normalized spacial score (nSPS) is 20.0. The van der Waals surface area contributed by atoms with Crippen LogP contribution in [0.2, 0.25) is 0 Å². The maximum atomic E-state index is 12.3. The average Bonchev–Trinajstić information content (AvgIpc) is 2.42. The Balaban J connectivity index is 2.45. The molecule has 21 heavy (non-hydrogen) atoms. The summed E-state index contributed by atoms with van der Waals surface area (Å²) in [5, 5.41) is 3.22. The van der Waals surface area contributed by atoms with E-state index in [2.05, 4.69) is 39.9 Å². The van der Waals surface area contributed by atoms with Crippen LogP contribution in [0.1, 0.15) is 79.6 Å². The van der Waals surface area contributed by atoms with Gasteiger partial charge in [0.1, 0.15) is 0 Å². The van der Waals surface area contributed by atoms with Crippen molar-refractivity contribution in [3.8, 4) is 0 Å². The number of carbonyl (C=O) groups is 1. The second kappa shape index (κ2) is 8.77. The van der Waals surface area contributed by atoms with Crippen molar-refractivity contribution >= 4 is 5.91 Å². The smallest absolute Gasteiger partial charge is 0.220 e. The third-order valence-electron chi connectivity index (χ3n) is 4.70. The predicted molar refractivity (Wildman–Crippen MR) is 88.3 cm³/mol. The first-order valence-corrected chi connectivity index (χ1v) is 8.74. The number of carbonyl (C=O) groups excluding carboxylic acids is 1. The molecule has 1 N–H and O–H groups in total. The Morgan fingerprint density at radius 3 is 2.38 bits per heavy atom. The predicted octanol–water partition coefficient (Wildman–Crippen LogP) is 4.30. The van der Waals surface area contributed by atoms with Gasteiger partial charge in [0, 0.05) is 6.42 Å². The van der Waals surface area contributed by atoms with Crippen molar-refractivity contribution in [2.75, 3.05) is 6.61 Å². The second-order valence-electron chi connectivity index (χ2n) is 7.75. The van der Waals surface area contributed by atoms with E-state index in [0.29, 0.717) is 18.9 Å². The van der Waals surface area contributed by atoms with Crippen molar-refractivity contribution in [1.29, 1.82) is 0 Å². The molecule has 1 fully saturated rings. The fourth-order valence-corrected chi connectivity index (χ4v) is 2.79. The molecule has 1 aliphatic rings. The van der Waals surface area contributed by atoms with E-state index in [4.69, 9.17) is 4.74 Å². The molecule has 1 saturated carbocycles. The minimum absolute atomic E-state index is 0.0235. The van der Waals surface area contributed by atoms with Crippen LogP contribution in [0.4, 0.5) is 0 Å². The number of rotatable bonds is 7. The summed E-state index contributed by atoms with van der Waals surface area (Å²) in [6, 6.07) is 0.0857. The summed E-state index contributed by atoms with van der Waals surface area (Å²) < 4.78 is 5.86. The molecule has 0 aliphatic heterocycles. The van der Waals surface area contributed by atoms with Gasteiger partial charge in [-0.05, 0) is 37.5 Å². The maximum absolute atomic E-state index is 12.3. The first-order chi connectivity index (χ1) is 9.82. The van der Waals surface area contributed by atoms with Crippen LogP contribution in [-0.4, -0.2) is 24.7 Å². The highest BCUT2D eigenvalue weighted by Crippen LogP contribution is 2.27. The third kappa shape index (κ3) is 7.30. The zero-order valence-corrected chi connectivity index (χ0v) is 14.7. The monoisotopic (exact) mass is 297 g/mol. The Morgan fingerprint density at radius 1 is 1.24 bits per heavy atom. The summed E-state index contributed by atoms with van der Waals surface area (Å²) in [4.78, 5) is 12.3. The van der Waals surface area contributed by atoms with Crippen molar-refractivity contribution < 1.29 is 9.53 Å². The molecule has 0 spiro atoms. The van der Waals surface area contributed by atoms with Gasteiger partial charge in [0.25, 0.3) is 0 Å². The molecule has 3 heteroatoms. The van der Waals surface area contributed by atoms with E-state index in [0.717, 1.165) is 6.42 Å². The summed E-state index contributed by atoms with van der Waals surface area (Å²) >= 11 is 0. The number of ether oxygens (including phenoxy) is 1. The summed E-state index contributed by atoms with van der Waals surface area (Å²) in [5.41, 5.74) is 0.0235. The Labute approximate surface area is 131 Å². The molecule has 0 bridgehead atoms. The highest BCUT2D eigenvalue weighted by molar-refractivity contribution is 5.76. The average molecular weight is 297 g/mol. The molecule has 0 saturated heterocycles. The van der Waals surface area contributed by atoms with Gasteiger partial charge >= 0.3 is 0 Å². The first-order valence-electron chi connectivity index (χ1n) is 8.74. The van der Waals surface area contributed by atoms with Gasteiger partial charge in [0.05, 0.1) is 18.8 Å². The topological polar surface area (TPSA) is 38.3 Å².